The van der Waals surface area contributed by atoms with Crippen LogP contribution in [0.3, 0.4) is 0 Å². The maximum Gasteiger partial charge on any atom is 0.408 e. The van der Waals surface area contributed by atoms with Gasteiger partial charge in [-0.1, -0.05) is 36.4 Å². The smallest absolute Gasteiger partial charge is 0.408 e. The van der Waals surface area contributed by atoms with Gasteiger partial charge in [0.1, 0.15) is 23.0 Å². The van der Waals surface area contributed by atoms with E-state index in [1.807, 2.05) is 18.2 Å². The van der Waals surface area contributed by atoms with Crippen molar-refractivity contribution >= 4 is 23.9 Å². The molecule has 0 aliphatic heterocycles. The molecule has 0 radical (unpaired) electrons. The van der Waals surface area contributed by atoms with E-state index < -0.39 is 54.8 Å². The molecule has 0 bridgehead atoms. The minimum atomic E-state index is -1.32. The van der Waals surface area contributed by atoms with Crippen LogP contribution in [0.25, 0.3) is 0 Å². The van der Waals surface area contributed by atoms with Crippen molar-refractivity contribution in [1.29, 1.82) is 0 Å². The Balaban J connectivity index is 2.17. The second kappa shape index (κ2) is 13.3. The number of hydrogen-bond donors (Lipinski definition) is 5. The average Bonchev–Trinajstić information content (AvgIpc) is 2.81. The Morgan fingerprint density at radius 2 is 1.59 bits per heavy atom. The molecule has 1 unspecified atom stereocenters. The van der Waals surface area contributed by atoms with E-state index in [0.717, 1.165) is 5.56 Å². The summed E-state index contributed by atoms with van der Waals surface area (Å²) in [5.74, 6) is -3.26. The van der Waals surface area contributed by atoms with Gasteiger partial charge >= 0.3 is 18.0 Å². The summed E-state index contributed by atoms with van der Waals surface area (Å²) in [6, 6.07) is 11.4. The normalized spacial score (nSPS) is 12.6. The molecule has 37 heavy (non-hydrogen) atoms. The summed E-state index contributed by atoms with van der Waals surface area (Å²) in [5, 5.41) is 33.4. The van der Waals surface area contributed by atoms with Crippen molar-refractivity contribution in [2.24, 2.45) is 0 Å². The van der Waals surface area contributed by atoms with Crippen molar-refractivity contribution in [3.63, 3.8) is 0 Å². The highest BCUT2D eigenvalue weighted by Gasteiger charge is 2.26. The van der Waals surface area contributed by atoms with E-state index in [4.69, 9.17) is 14.6 Å². The number of aliphatic hydroxyl groups is 1. The molecule has 11 nitrogen and oxygen atoms in total. The number of aliphatic carboxylic acids is 1. The van der Waals surface area contributed by atoms with Crippen molar-refractivity contribution in [2.75, 3.05) is 13.2 Å². The molecule has 5 N–H and O–H groups in total. The maximum atomic E-state index is 13.1. The van der Waals surface area contributed by atoms with Crippen molar-refractivity contribution in [3.05, 3.63) is 65.2 Å². The lowest BCUT2D eigenvalue weighted by molar-refractivity contribution is -0.139. The summed E-state index contributed by atoms with van der Waals surface area (Å²) in [4.78, 5) is 47.9. The van der Waals surface area contributed by atoms with Gasteiger partial charge in [-0.05, 0) is 50.5 Å². The zero-order valence-corrected chi connectivity index (χ0v) is 20.9. The Bertz CT molecular complexity index is 1100. The van der Waals surface area contributed by atoms with Crippen LogP contribution in [0, 0.1) is 0 Å². The van der Waals surface area contributed by atoms with Gasteiger partial charge in [0.2, 0.25) is 5.91 Å². The first kappa shape index (κ1) is 29.1. The topological polar surface area (TPSA) is 171 Å². The van der Waals surface area contributed by atoms with Gasteiger partial charge in [-0.2, -0.15) is 0 Å². The van der Waals surface area contributed by atoms with Gasteiger partial charge in [0.15, 0.2) is 6.61 Å². The minimum Gasteiger partial charge on any atom is -0.481 e. The molecule has 200 valence electrons. The summed E-state index contributed by atoms with van der Waals surface area (Å²) in [6.07, 6.45) is -0.540. The molecule has 0 aromatic heterocycles. The number of aromatic carboxylic acids is 1. The number of carboxylic acids is 2. The van der Waals surface area contributed by atoms with Gasteiger partial charge in [-0.3, -0.25) is 4.79 Å². The predicted octanol–water partition coefficient (Wildman–Crippen LogP) is 2.00. The molecule has 0 fully saturated rings. The number of amides is 2. The number of aliphatic hydroxyl groups excluding tert-OH is 1. The molecule has 2 atom stereocenters. The lowest BCUT2D eigenvalue weighted by Gasteiger charge is -2.25. The molecule has 2 aromatic rings. The molecule has 0 aliphatic carbocycles. The zero-order chi connectivity index (χ0) is 27.6. The number of benzene rings is 2. The number of carbonyl (C=O) groups is 4. The van der Waals surface area contributed by atoms with Crippen LogP contribution in [0.4, 0.5) is 4.79 Å². The molecule has 2 amide bonds. The third-order valence-corrected chi connectivity index (χ3v) is 4.96. The highest BCUT2D eigenvalue weighted by molar-refractivity contribution is 5.91. The molecule has 11 heteroatoms. The highest BCUT2D eigenvalue weighted by atomic mass is 16.6. The SMILES string of the molecule is CC(C)(C)OC(=O)NC(Cc1ccccc1)C(=O)N[C@H](CO)Cc1ccc(OCC(=O)O)c(C(=O)O)c1. The summed E-state index contributed by atoms with van der Waals surface area (Å²) < 4.78 is 10.3. The number of alkyl carbamates (subject to hydrolysis) is 1. The number of nitrogens with one attached hydrogen (secondary N) is 2. The molecule has 2 aromatic carbocycles. The molecule has 0 heterocycles. The first-order chi connectivity index (χ1) is 17.4. The fourth-order valence-electron chi connectivity index (χ4n) is 3.39. The predicted molar refractivity (Wildman–Crippen MR) is 133 cm³/mol. The molecule has 0 saturated heterocycles. The Morgan fingerprint density at radius 1 is 0.919 bits per heavy atom. The van der Waals surface area contributed by atoms with Crippen molar-refractivity contribution in [2.45, 2.75) is 51.3 Å². The van der Waals surface area contributed by atoms with Crippen molar-refractivity contribution in [3.8, 4) is 5.75 Å². The van der Waals surface area contributed by atoms with E-state index in [2.05, 4.69) is 10.6 Å². The second-order valence-corrected chi connectivity index (χ2v) is 9.30. The van der Waals surface area contributed by atoms with Crippen LogP contribution < -0.4 is 15.4 Å². The molecule has 0 aliphatic rings. The van der Waals surface area contributed by atoms with Crippen LogP contribution in [0.5, 0.6) is 5.75 Å². The summed E-state index contributed by atoms with van der Waals surface area (Å²) in [6.45, 7) is 3.93. The fourth-order valence-corrected chi connectivity index (χ4v) is 3.39. The lowest BCUT2D eigenvalue weighted by atomic mass is 10.0. The summed E-state index contributed by atoms with van der Waals surface area (Å²) in [7, 11) is 0. The van der Waals surface area contributed by atoms with Gasteiger partial charge in [-0.25, -0.2) is 14.4 Å². The van der Waals surface area contributed by atoms with Crippen LogP contribution in [-0.2, 0) is 27.2 Å². The van der Waals surface area contributed by atoms with Crippen LogP contribution in [0.2, 0.25) is 0 Å². The van der Waals surface area contributed by atoms with Gasteiger partial charge in [0.05, 0.1) is 12.6 Å². The Morgan fingerprint density at radius 3 is 2.16 bits per heavy atom. The number of carbonyl (C=O) groups excluding carboxylic acids is 2. The third-order valence-electron chi connectivity index (χ3n) is 4.96. The fraction of sp³-hybridized carbons (Fsp3) is 0.385. The van der Waals surface area contributed by atoms with Gasteiger partial charge in [-0.15, -0.1) is 0 Å². The van der Waals surface area contributed by atoms with Crippen LogP contribution >= 0.6 is 0 Å². The average molecular weight is 517 g/mol. The van der Waals surface area contributed by atoms with E-state index in [1.165, 1.54) is 18.2 Å². The van der Waals surface area contributed by atoms with Crippen molar-refractivity contribution in [1.82, 2.24) is 10.6 Å². The first-order valence-corrected chi connectivity index (χ1v) is 11.5. The number of carboxylic acid groups (broad SMARTS) is 2. The lowest BCUT2D eigenvalue weighted by Crippen LogP contribution is -2.52. The molecular formula is C26H32N2O9. The van der Waals surface area contributed by atoms with Gasteiger partial charge in [0, 0.05) is 6.42 Å². The summed E-state index contributed by atoms with van der Waals surface area (Å²) >= 11 is 0. The van der Waals surface area contributed by atoms with Crippen LogP contribution in [0.1, 0.15) is 42.3 Å². The van der Waals surface area contributed by atoms with E-state index in [-0.39, 0.29) is 24.2 Å². The maximum absolute atomic E-state index is 13.1. The number of hydrogen-bond acceptors (Lipinski definition) is 7. The zero-order valence-electron chi connectivity index (χ0n) is 20.9. The van der Waals surface area contributed by atoms with E-state index >= 15 is 0 Å². The molecular weight excluding hydrogens is 484 g/mol. The van der Waals surface area contributed by atoms with E-state index in [9.17, 15) is 29.4 Å². The largest absolute Gasteiger partial charge is 0.481 e. The number of ether oxygens (including phenoxy) is 2. The highest BCUT2D eigenvalue weighted by Crippen LogP contribution is 2.21. The monoisotopic (exact) mass is 516 g/mol. The van der Waals surface area contributed by atoms with Gasteiger partial charge in [0.25, 0.3) is 0 Å². The molecule has 2 rings (SSSR count). The Hall–Kier alpha value is -4.12. The van der Waals surface area contributed by atoms with Crippen LogP contribution in [-0.4, -0.2) is 70.2 Å². The molecule has 0 spiro atoms. The number of rotatable bonds is 12. The Labute approximate surface area is 214 Å². The standard InChI is InChI=1S/C26H32N2O9/c1-26(2,3)37-25(35)28-20(13-16-7-5-4-6-8-16)23(32)27-18(14-29)11-17-9-10-21(36-15-22(30)31)19(12-17)24(33)34/h4-10,12,18,20,29H,11,13-15H2,1-3H3,(H,27,32)(H,28,35)(H,30,31)(H,33,34)/t18-,20?/m0/s1. The van der Waals surface area contributed by atoms with Gasteiger partial charge < -0.3 is 35.4 Å². The second-order valence-electron chi connectivity index (χ2n) is 9.30. The van der Waals surface area contributed by atoms with E-state index in [0.29, 0.717) is 5.56 Å². The Kier molecular flexibility index (Phi) is 10.4. The quantitative estimate of drug-likeness (QED) is 0.283. The van der Waals surface area contributed by atoms with Crippen molar-refractivity contribution < 1.29 is 44.0 Å². The summed E-state index contributed by atoms with van der Waals surface area (Å²) in [5.41, 5.74) is 0.227. The third kappa shape index (κ3) is 10.2. The first-order valence-electron chi connectivity index (χ1n) is 11.5. The minimum absolute atomic E-state index is 0.0617. The van der Waals surface area contributed by atoms with E-state index in [1.54, 1.807) is 32.9 Å². The molecule has 0 saturated carbocycles. The van der Waals surface area contributed by atoms with Crippen LogP contribution in [0.15, 0.2) is 48.5 Å².